The molecule has 2 heterocycles. The first-order valence-corrected chi connectivity index (χ1v) is 9.14. The van der Waals surface area contributed by atoms with Crippen molar-refractivity contribution < 1.29 is 14.4 Å². The molecular formula is C20H25N3O3. The zero-order chi connectivity index (χ0) is 18.8. The van der Waals surface area contributed by atoms with Crippen molar-refractivity contribution in [3.05, 3.63) is 36.0 Å². The standard InChI is InChI=1S/C20H25N3O3/c1-12(2)10-16(18(24)22-17-11-13(3)8-9-21-17)23-19(25)14-6-4-5-7-15(14)20(23)26/h4-5,8-9,11-12,14-16H,6-7,10H2,1-3H3,(H,21,22,24). The van der Waals surface area contributed by atoms with Gasteiger partial charge in [-0.1, -0.05) is 26.0 Å². The fraction of sp³-hybridized carbons (Fsp3) is 0.500. The monoisotopic (exact) mass is 355 g/mol. The van der Waals surface area contributed by atoms with E-state index in [2.05, 4.69) is 10.3 Å². The van der Waals surface area contributed by atoms with Crippen LogP contribution in [0.1, 0.15) is 38.7 Å². The van der Waals surface area contributed by atoms with Crippen LogP contribution >= 0.6 is 0 Å². The first kappa shape index (κ1) is 18.3. The van der Waals surface area contributed by atoms with Crippen LogP contribution in [0.3, 0.4) is 0 Å². The third-order valence-electron chi connectivity index (χ3n) is 5.02. The van der Waals surface area contributed by atoms with E-state index in [1.165, 1.54) is 4.90 Å². The molecule has 1 saturated heterocycles. The van der Waals surface area contributed by atoms with Gasteiger partial charge in [-0.25, -0.2) is 4.98 Å². The molecule has 0 aromatic carbocycles. The maximum Gasteiger partial charge on any atom is 0.248 e. The van der Waals surface area contributed by atoms with Crippen LogP contribution in [0.2, 0.25) is 0 Å². The van der Waals surface area contributed by atoms with E-state index in [0.717, 1.165) is 5.56 Å². The molecule has 0 saturated carbocycles. The van der Waals surface area contributed by atoms with Crippen molar-refractivity contribution in [3.8, 4) is 0 Å². The maximum atomic E-state index is 12.9. The summed E-state index contributed by atoms with van der Waals surface area (Å²) in [6, 6.07) is 2.80. The van der Waals surface area contributed by atoms with Crippen LogP contribution < -0.4 is 5.32 Å². The number of likely N-dealkylation sites (tertiary alicyclic amines) is 1. The van der Waals surface area contributed by atoms with Gasteiger partial charge in [0.05, 0.1) is 11.8 Å². The van der Waals surface area contributed by atoms with Crippen LogP contribution in [0.15, 0.2) is 30.5 Å². The quantitative estimate of drug-likeness (QED) is 0.650. The number of nitrogens with zero attached hydrogens (tertiary/aromatic N) is 2. The Morgan fingerprint density at radius 3 is 2.38 bits per heavy atom. The van der Waals surface area contributed by atoms with Gasteiger partial charge in [0, 0.05) is 6.20 Å². The number of carbonyl (C=O) groups excluding carboxylic acids is 3. The second-order valence-corrected chi connectivity index (χ2v) is 7.56. The molecule has 1 aromatic rings. The lowest BCUT2D eigenvalue weighted by Gasteiger charge is -2.27. The number of hydrogen-bond acceptors (Lipinski definition) is 4. The van der Waals surface area contributed by atoms with Gasteiger partial charge in [0.2, 0.25) is 17.7 Å². The number of anilines is 1. The van der Waals surface area contributed by atoms with Gasteiger partial charge >= 0.3 is 0 Å². The summed E-state index contributed by atoms with van der Waals surface area (Å²) in [5.41, 5.74) is 0.973. The summed E-state index contributed by atoms with van der Waals surface area (Å²) in [5, 5.41) is 2.78. The van der Waals surface area contributed by atoms with Crippen molar-refractivity contribution in [2.24, 2.45) is 17.8 Å². The van der Waals surface area contributed by atoms with Crippen LogP contribution in [-0.4, -0.2) is 33.6 Å². The van der Waals surface area contributed by atoms with Gasteiger partial charge < -0.3 is 5.32 Å². The number of aryl methyl sites for hydroxylation is 1. The van der Waals surface area contributed by atoms with Gasteiger partial charge in [0.25, 0.3) is 0 Å². The van der Waals surface area contributed by atoms with E-state index in [4.69, 9.17) is 0 Å². The van der Waals surface area contributed by atoms with E-state index in [0.29, 0.717) is 25.1 Å². The van der Waals surface area contributed by atoms with Crippen molar-refractivity contribution in [1.29, 1.82) is 0 Å². The average molecular weight is 355 g/mol. The molecule has 0 spiro atoms. The van der Waals surface area contributed by atoms with E-state index in [-0.39, 0.29) is 35.5 Å². The zero-order valence-corrected chi connectivity index (χ0v) is 15.4. The predicted molar refractivity (Wildman–Crippen MR) is 98.1 cm³/mol. The molecule has 6 heteroatoms. The minimum atomic E-state index is -0.803. The lowest BCUT2D eigenvalue weighted by molar-refractivity contribution is -0.147. The van der Waals surface area contributed by atoms with E-state index >= 15 is 0 Å². The van der Waals surface area contributed by atoms with Crippen LogP contribution in [0.25, 0.3) is 0 Å². The van der Waals surface area contributed by atoms with Gasteiger partial charge in [-0.3, -0.25) is 19.3 Å². The number of rotatable bonds is 5. The van der Waals surface area contributed by atoms with Gasteiger partial charge in [0.1, 0.15) is 11.9 Å². The first-order valence-electron chi connectivity index (χ1n) is 9.14. The fourth-order valence-electron chi connectivity index (χ4n) is 3.72. The highest BCUT2D eigenvalue weighted by Crippen LogP contribution is 2.37. The van der Waals surface area contributed by atoms with Gasteiger partial charge in [0.15, 0.2) is 0 Å². The summed E-state index contributed by atoms with van der Waals surface area (Å²) >= 11 is 0. The number of fused-ring (bicyclic) bond motifs is 1. The molecule has 3 unspecified atom stereocenters. The molecule has 1 aromatic heterocycles. The molecule has 3 amide bonds. The van der Waals surface area contributed by atoms with Gasteiger partial charge in [-0.2, -0.15) is 0 Å². The Morgan fingerprint density at radius 2 is 1.85 bits per heavy atom. The number of aromatic nitrogens is 1. The molecule has 0 bridgehead atoms. The van der Waals surface area contributed by atoms with Crippen LogP contribution in [0.5, 0.6) is 0 Å². The highest BCUT2D eigenvalue weighted by atomic mass is 16.2. The minimum Gasteiger partial charge on any atom is -0.309 e. The van der Waals surface area contributed by atoms with Crippen LogP contribution in [0.4, 0.5) is 5.82 Å². The number of pyridine rings is 1. The summed E-state index contributed by atoms with van der Waals surface area (Å²) < 4.78 is 0. The van der Waals surface area contributed by atoms with Gasteiger partial charge in [-0.15, -0.1) is 0 Å². The summed E-state index contributed by atoms with van der Waals surface area (Å²) in [6.45, 7) is 5.86. The van der Waals surface area contributed by atoms with Crippen molar-refractivity contribution in [2.75, 3.05) is 5.32 Å². The van der Waals surface area contributed by atoms with Crippen molar-refractivity contribution in [3.63, 3.8) is 0 Å². The highest BCUT2D eigenvalue weighted by molar-refractivity contribution is 6.10. The van der Waals surface area contributed by atoms with E-state index < -0.39 is 6.04 Å². The summed E-state index contributed by atoms with van der Waals surface area (Å²) in [6.07, 6.45) is 7.09. The first-order chi connectivity index (χ1) is 12.4. The Kier molecular flexibility index (Phi) is 5.20. The number of allylic oxidation sites excluding steroid dienone is 2. The van der Waals surface area contributed by atoms with Crippen LogP contribution in [-0.2, 0) is 14.4 Å². The molecule has 6 nitrogen and oxygen atoms in total. The molecule has 3 rings (SSSR count). The summed E-state index contributed by atoms with van der Waals surface area (Å²) in [4.78, 5) is 44.0. The maximum absolute atomic E-state index is 12.9. The largest absolute Gasteiger partial charge is 0.309 e. The lowest BCUT2D eigenvalue weighted by atomic mass is 9.85. The molecule has 0 radical (unpaired) electrons. The van der Waals surface area contributed by atoms with E-state index in [9.17, 15) is 14.4 Å². The zero-order valence-electron chi connectivity index (χ0n) is 15.4. The normalized spacial score (nSPS) is 23.3. The molecule has 138 valence electrons. The number of nitrogens with one attached hydrogen (secondary N) is 1. The summed E-state index contributed by atoms with van der Waals surface area (Å²) in [5.74, 6) is -0.853. The fourth-order valence-corrected chi connectivity index (χ4v) is 3.72. The average Bonchev–Trinajstić information content (AvgIpc) is 2.84. The molecular weight excluding hydrogens is 330 g/mol. The lowest BCUT2D eigenvalue weighted by Crippen LogP contribution is -2.48. The molecule has 2 aliphatic rings. The predicted octanol–water partition coefficient (Wildman–Crippen LogP) is 2.69. The number of carbonyl (C=O) groups is 3. The highest BCUT2D eigenvalue weighted by Gasteiger charge is 2.51. The third-order valence-corrected chi connectivity index (χ3v) is 5.02. The third kappa shape index (κ3) is 3.54. The van der Waals surface area contributed by atoms with Crippen LogP contribution in [0, 0.1) is 24.7 Å². The number of amides is 3. The topological polar surface area (TPSA) is 79.4 Å². The van der Waals surface area contributed by atoms with Crippen molar-refractivity contribution in [1.82, 2.24) is 9.88 Å². The Balaban J connectivity index is 1.84. The Bertz CT molecular complexity index is 730. The summed E-state index contributed by atoms with van der Waals surface area (Å²) in [7, 11) is 0. The van der Waals surface area contributed by atoms with E-state index in [1.807, 2.05) is 39.0 Å². The van der Waals surface area contributed by atoms with E-state index in [1.54, 1.807) is 12.3 Å². The Morgan fingerprint density at radius 1 is 1.23 bits per heavy atom. The number of hydrogen-bond donors (Lipinski definition) is 1. The molecule has 3 atom stereocenters. The molecule has 26 heavy (non-hydrogen) atoms. The molecule has 1 fully saturated rings. The molecule has 1 N–H and O–H groups in total. The van der Waals surface area contributed by atoms with Gasteiger partial charge in [-0.05, 0) is 49.8 Å². The van der Waals surface area contributed by atoms with Crippen molar-refractivity contribution >= 4 is 23.5 Å². The Hall–Kier alpha value is -2.50. The SMILES string of the molecule is Cc1ccnc(NC(=O)C(CC(C)C)N2C(=O)C3CC=CCC3C2=O)c1. The molecule has 1 aliphatic heterocycles. The number of imide groups is 1. The van der Waals surface area contributed by atoms with Crippen molar-refractivity contribution in [2.45, 2.75) is 46.1 Å². The minimum absolute atomic E-state index is 0.164. The molecule has 1 aliphatic carbocycles. The Labute approximate surface area is 153 Å². The smallest absolute Gasteiger partial charge is 0.248 e. The second-order valence-electron chi connectivity index (χ2n) is 7.56. The second kappa shape index (κ2) is 7.40.